The predicted molar refractivity (Wildman–Crippen MR) is 58.8 cm³/mol. The highest BCUT2D eigenvalue weighted by Gasteiger charge is 2.35. The topological polar surface area (TPSA) is 21.3 Å². The number of methoxy groups -OCH3 is 1. The van der Waals surface area contributed by atoms with E-state index in [1.807, 2.05) is 0 Å². The Morgan fingerprint density at radius 2 is 1.94 bits per heavy atom. The van der Waals surface area contributed by atoms with Gasteiger partial charge in [0.2, 0.25) is 0 Å². The fourth-order valence-electron chi connectivity index (χ4n) is 1.94. The zero-order valence-corrected chi connectivity index (χ0v) is 9.72. The van der Waals surface area contributed by atoms with Gasteiger partial charge in [0.25, 0.3) is 0 Å². The zero-order chi connectivity index (χ0) is 13.3. The van der Waals surface area contributed by atoms with Gasteiger partial charge in [-0.3, -0.25) is 0 Å². The summed E-state index contributed by atoms with van der Waals surface area (Å²) in [5.74, 6) is -1.25. The van der Waals surface area contributed by atoms with Gasteiger partial charge in [0.1, 0.15) is 5.82 Å². The first-order chi connectivity index (χ1) is 8.40. The van der Waals surface area contributed by atoms with Crippen LogP contribution in [0, 0.1) is 5.82 Å². The van der Waals surface area contributed by atoms with E-state index < -0.39 is 17.6 Å². The third-order valence-corrected chi connectivity index (χ3v) is 3.07. The second kappa shape index (κ2) is 4.76. The SMILES string of the molecule is COC1CC(Nc2ccc(F)c(C(F)(F)F)c2)C1. The monoisotopic (exact) mass is 263 g/mol. The molecule has 6 heteroatoms. The van der Waals surface area contributed by atoms with Crippen LogP contribution >= 0.6 is 0 Å². The number of nitrogens with one attached hydrogen (secondary N) is 1. The van der Waals surface area contributed by atoms with Crippen LogP contribution in [0.2, 0.25) is 0 Å². The van der Waals surface area contributed by atoms with E-state index in [1.54, 1.807) is 7.11 Å². The van der Waals surface area contributed by atoms with Crippen LogP contribution in [-0.2, 0) is 10.9 Å². The molecule has 18 heavy (non-hydrogen) atoms. The molecule has 0 atom stereocenters. The summed E-state index contributed by atoms with van der Waals surface area (Å²) in [4.78, 5) is 0. The lowest BCUT2D eigenvalue weighted by atomic mass is 9.89. The molecule has 0 saturated heterocycles. The minimum Gasteiger partial charge on any atom is -0.382 e. The van der Waals surface area contributed by atoms with Gasteiger partial charge in [0.15, 0.2) is 0 Å². The molecular weight excluding hydrogens is 250 g/mol. The Kier molecular flexibility index (Phi) is 3.47. The Labute approximate surface area is 102 Å². The highest BCUT2D eigenvalue weighted by Crippen LogP contribution is 2.34. The van der Waals surface area contributed by atoms with Crippen LogP contribution in [0.3, 0.4) is 0 Å². The number of hydrogen-bond acceptors (Lipinski definition) is 2. The first-order valence-electron chi connectivity index (χ1n) is 5.56. The number of rotatable bonds is 3. The fourth-order valence-corrected chi connectivity index (χ4v) is 1.94. The predicted octanol–water partition coefficient (Wildman–Crippen LogP) is 3.43. The molecular formula is C12H13F4NO. The maximum absolute atomic E-state index is 13.0. The lowest BCUT2D eigenvalue weighted by Gasteiger charge is -2.35. The number of anilines is 1. The summed E-state index contributed by atoms with van der Waals surface area (Å²) in [5.41, 5.74) is -0.960. The van der Waals surface area contributed by atoms with E-state index in [0.717, 1.165) is 25.0 Å². The number of halogens is 4. The standard InChI is InChI=1S/C12H13F4NO/c1-18-9-4-8(5-9)17-7-2-3-11(13)10(6-7)12(14,15)16/h2-3,6,8-9,17H,4-5H2,1H3. The molecule has 2 rings (SSSR count). The first-order valence-corrected chi connectivity index (χ1v) is 5.56. The van der Waals surface area contributed by atoms with E-state index in [9.17, 15) is 17.6 Å². The van der Waals surface area contributed by atoms with Crippen LogP contribution in [0.5, 0.6) is 0 Å². The maximum atomic E-state index is 13.0. The molecule has 1 saturated carbocycles. The molecule has 1 N–H and O–H groups in total. The number of alkyl halides is 3. The minimum atomic E-state index is -4.67. The van der Waals surface area contributed by atoms with E-state index in [-0.39, 0.29) is 17.8 Å². The molecule has 2 nitrogen and oxygen atoms in total. The van der Waals surface area contributed by atoms with Crippen molar-refractivity contribution in [1.29, 1.82) is 0 Å². The average molecular weight is 263 g/mol. The van der Waals surface area contributed by atoms with Crippen molar-refractivity contribution in [2.45, 2.75) is 31.2 Å². The quantitative estimate of drug-likeness (QED) is 0.843. The normalized spacial score (nSPS) is 23.6. The average Bonchev–Trinajstić information content (AvgIpc) is 2.23. The van der Waals surface area contributed by atoms with E-state index in [1.165, 1.54) is 6.07 Å². The third kappa shape index (κ3) is 2.75. The van der Waals surface area contributed by atoms with Crippen molar-refractivity contribution in [2.24, 2.45) is 0 Å². The van der Waals surface area contributed by atoms with Gasteiger partial charge in [-0.15, -0.1) is 0 Å². The fraction of sp³-hybridized carbons (Fsp3) is 0.500. The van der Waals surface area contributed by atoms with E-state index in [2.05, 4.69) is 5.32 Å². The van der Waals surface area contributed by atoms with Crippen molar-refractivity contribution in [3.63, 3.8) is 0 Å². The highest BCUT2D eigenvalue weighted by molar-refractivity contribution is 5.48. The number of benzene rings is 1. The van der Waals surface area contributed by atoms with Crippen LogP contribution < -0.4 is 5.32 Å². The molecule has 100 valence electrons. The molecule has 0 aliphatic heterocycles. The van der Waals surface area contributed by atoms with Crippen molar-refractivity contribution in [2.75, 3.05) is 12.4 Å². The summed E-state index contributed by atoms with van der Waals surface area (Å²) in [6.45, 7) is 0. The molecule has 0 radical (unpaired) electrons. The van der Waals surface area contributed by atoms with E-state index in [0.29, 0.717) is 0 Å². The van der Waals surface area contributed by atoms with Crippen molar-refractivity contribution in [3.8, 4) is 0 Å². The van der Waals surface area contributed by atoms with Gasteiger partial charge in [-0.05, 0) is 31.0 Å². The summed E-state index contributed by atoms with van der Waals surface area (Å²) >= 11 is 0. The van der Waals surface area contributed by atoms with E-state index >= 15 is 0 Å². The molecule has 1 aliphatic carbocycles. The number of ether oxygens (including phenoxy) is 1. The van der Waals surface area contributed by atoms with Gasteiger partial charge in [0.05, 0.1) is 11.7 Å². The molecule has 0 bridgehead atoms. The Hall–Kier alpha value is -1.30. The van der Waals surface area contributed by atoms with Crippen LogP contribution in [-0.4, -0.2) is 19.3 Å². The molecule has 1 aromatic rings. The number of hydrogen-bond donors (Lipinski definition) is 1. The molecule has 0 unspecified atom stereocenters. The second-order valence-electron chi connectivity index (χ2n) is 4.36. The van der Waals surface area contributed by atoms with Crippen molar-refractivity contribution < 1.29 is 22.3 Å². The van der Waals surface area contributed by atoms with Gasteiger partial charge in [-0.1, -0.05) is 0 Å². The molecule has 0 spiro atoms. The van der Waals surface area contributed by atoms with Crippen molar-refractivity contribution >= 4 is 5.69 Å². The van der Waals surface area contributed by atoms with Crippen LogP contribution in [0.15, 0.2) is 18.2 Å². The molecule has 1 fully saturated rings. The molecule has 0 amide bonds. The lowest BCUT2D eigenvalue weighted by molar-refractivity contribution is -0.139. The summed E-state index contributed by atoms with van der Waals surface area (Å²) in [6, 6.07) is 3.03. The molecule has 0 aromatic heterocycles. The van der Waals surface area contributed by atoms with Gasteiger partial charge in [-0.2, -0.15) is 13.2 Å². The third-order valence-electron chi connectivity index (χ3n) is 3.07. The Bertz CT molecular complexity index is 427. The second-order valence-corrected chi connectivity index (χ2v) is 4.36. The van der Waals surface area contributed by atoms with Gasteiger partial charge in [-0.25, -0.2) is 4.39 Å². The minimum absolute atomic E-state index is 0.0847. The van der Waals surface area contributed by atoms with Crippen LogP contribution in [0.4, 0.5) is 23.2 Å². The van der Waals surface area contributed by atoms with Crippen LogP contribution in [0.25, 0.3) is 0 Å². The van der Waals surface area contributed by atoms with Crippen LogP contribution in [0.1, 0.15) is 18.4 Å². The Morgan fingerprint density at radius 1 is 1.28 bits per heavy atom. The van der Waals surface area contributed by atoms with Gasteiger partial charge >= 0.3 is 6.18 Å². The lowest BCUT2D eigenvalue weighted by Crippen LogP contribution is -2.40. The van der Waals surface area contributed by atoms with Crippen molar-refractivity contribution in [1.82, 2.24) is 0 Å². The Morgan fingerprint density at radius 3 is 2.50 bits per heavy atom. The molecule has 0 heterocycles. The smallest absolute Gasteiger partial charge is 0.382 e. The molecule has 1 aliphatic rings. The van der Waals surface area contributed by atoms with Gasteiger partial charge < -0.3 is 10.1 Å². The van der Waals surface area contributed by atoms with E-state index in [4.69, 9.17) is 4.74 Å². The summed E-state index contributed by atoms with van der Waals surface area (Å²) in [6.07, 6.45) is -3.02. The largest absolute Gasteiger partial charge is 0.419 e. The first kappa shape index (κ1) is 13.1. The molecule has 1 aromatic carbocycles. The highest BCUT2D eigenvalue weighted by atomic mass is 19.4. The van der Waals surface area contributed by atoms with Gasteiger partial charge in [0, 0.05) is 18.8 Å². The summed E-state index contributed by atoms with van der Waals surface area (Å²) in [5, 5.41) is 2.94. The zero-order valence-electron chi connectivity index (χ0n) is 9.72. The summed E-state index contributed by atoms with van der Waals surface area (Å²) < 4.78 is 55.6. The summed E-state index contributed by atoms with van der Waals surface area (Å²) in [7, 11) is 1.60. The van der Waals surface area contributed by atoms with Crippen molar-refractivity contribution in [3.05, 3.63) is 29.6 Å². The maximum Gasteiger partial charge on any atom is 0.419 e. The Balaban J connectivity index is 2.06.